The average molecular weight is 716 g/mol. The number of nitrogens with zero attached hydrogens (tertiary/aromatic N) is 5. The van der Waals surface area contributed by atoms with Crippen LogP contribution < -0.4 is 20.1 Å². The van der Waals surface area contributed by atoms with Gasteiger partial charge >= 0.3 is 0 Å². The highest BCUT2D eigenvalue weighted by atomic mass is 19.1. The lowest BCUT2D eigenvalue weighted by atomic mass is 9.78. The standard InChI is InChI=1S/C39H34FN7O6/c1-39(2,23-5-10-28(11-6-23)53-33-17-24(40)21-41-35(33)47-42-15-16-43-47)22-3-8-27(9-4-22)52-29-18-26(19-29)44-25-7-12-30-31(20-25)38(51)46(37(30)50)32-13-14-34(48)45-36(32)49/h3-12,15-17,20-21,26,29,32,44H,13-14,18-19H2,1-2H3,(H,45,48,49). The number of rotatable bonds is 10. The second-order valence-corrected chi connectivity index (χ2v) is 13.8. The van der Waals surface area contributed by atoms with E-state index < -0.39 is 35.5 Å². The summed E-state index contributed by atoms with van der Waals surface area (Å²) < 4.78 is 26.2. The van der Waals surface area contributed by atoms with Crippen LogP contribution in [0, 0.1) is 5.82 Å². The normalized spacial score (nSPS) is 19.8. The number of nitrogens with one attached hydrogen (secondary N) is 2. The molecule has 2 aliphatic heterocycles. The molecule has 8 rings (SSSR count). The number of anilines is 1. The summed E-state index contributed by atoms with van der Waals surface area (Å²) in [5.74, 6) is -0.906. The average Bonchev–Trinajstić information content (AvgIpc) is 3.74. The molecule has 0 bridgehead atoms. The Kier molecular flexibility index (Phi) is 8.44. The topological polar surface area (TPSA) is 158 Å². The summed E-state index contributed by atoms with van der Waals surface area (Å²) in [6.45, 7) is 4.27. The minimum atomic E-state index is -0.998. The van der Waals surface area contributed by atoms with Gasteiger partial charge in [-0.1, -0.05) is 38.1 Å². The summed E-state index contributed by atoms with van der Waals surface area (Å²) in [5, 5.41) is 13.8. The number of aromatic nitrogens is 4. The number of piperidine rings is 1. The fourth-order valence-electron chi connectivity index (χ4n) is 6.92. The molecular formula is C39H34FN7O6. The van der Waals surface area contributed by atoms with Crippen LogP contribution in [0.15, 0.2) is 91.4 Å². The van der Waals surface area contributed by atoms with Gasteiger partial charge in [-0.05, 0) is 60.0 Å². The molecule has 3 aromatic carbocycles. The fourth-order valence-corrected chi connectivity index (χ4v) is 6.92. The van der Waals surface area contributed by atoms with Crippen LogP contribution in [0.5, 0.6) is 17.2 Å². The molecule has 3 aliphatic rings. The first-order chi connectivity index (χ1) is 25.5. The molecule has 5 aromatic rings. The van der Waals surface area contributed by atoms with Gasteiger partial charge in [-0.15, -0.1) is 4.80 Å². The quantitative estimate of drug-likeness (QED) is 0.181. The molecule has 1 unspecified atom stereocenters. The van der Waals surface area contributed by atoms with E-state index in [-0.39, 0.29) is 53.1 Å². The van der Waals surface area contributed by atoms with Crippen molar-refractivity contribution in [3.05, 3.63) is 119 Å². The highest BCUT2D eigenvalue weighted by molar-refractivity contribution is 6.23. The molecule has 13 nitrogen and oxygen atoms in total. The van der Waals surface area contributed by atoms with Crippen molar-refractivity contribution in [2.24, 2.45) is 0 Å². The Bertz CT molecular complexity index is 2240. The van der Waals surface area contributed by atoms with Crippen LogP contribution in [0.2, 0.25) is 0 Å². The maximum Gasteiger partial charge on any atom is 0.262 e. The molecule has 2 N–H and O–H groups in total. The van der Waals surface area contributed by atoms with E-state index in [9.17, 15) is 23.6 Å². The number of imide groups is 2. The molecule has 4 amide bonds. The third-order valence-electron chi connectivity index (χ3n) is 10.00. The smallest absolute Gasteiger partial charge is 0.262 e. The first kappa shape index (κ1) is 33.7. The maximum absolute atomic E-state index is 14.0. The fraction of sp³-hybridized carbons (Fsp3) is 0.256. The van der Waals surface area contributed by atoms with Gasteiger partial charge in [-0.3, -0.25) is 29.4 Å². The van der Waals surface area contributed by atoms with E-state index in [1.165, 1.54) is 23.3 Å². The van der Waals surface area contributed by atoms with Crippen LogP contribution in [0.25, 0.3) is 5.82 Å². The molecule has 268 valence electrons. The zero-order chi connectivity index (χ0) is 36.9. The summed E-state index contributed by atoms with van der Waals surface area (Å²) in [6.07, 6.45) is 5.79. The van der Waals surface area contributed by atoms with Gasteiger partial charge in [-0.25, -0.2) is 9.37 Å². The molecule has 53 heavy (non-hydrogen) atoms. The molecule has 1 saturated heterocycles. The molecule has 4 heterocycles. The number of hydrogen-bond donors (Lipinski definition) is 2. The zero-order valence-corrected chi connectivity index (χ0v) is 28.8. The molecule has 1 atom stereocenters. The maximum atomic E-state index is 14.0. The van der Waals surface area contributed by atoms with E-state index in [2.05, 4.69) is 51.8 Å². The lowest BCUT2D eigenvalue weighted by molar-refractivity contribution is -0.136. The predicted octanol–water partition coefficient (Wildman–Crippen LogP) is 5.34. The monoisotopic (exact) mass is 715 g/mol. The Hall–Kier alpha value is -6.44. The van der Waals surface area contributed by atoms with Gasteiger partial charge < -0.3 is 14.8 Å². The molecule has 1 saturated carbocycles. The number of carbonyl (C=O) groups excluding carboxylic acids is 4. The van der Waals surface area contributed by atoms with Crippen LogP contribution in [0.3, 0.4) is 0 Å². The lowest BCUT2D eigenvalue weighted by Crippen LogP contribution is -2.54. The Morgan fingerprint density at radius 3 is 2.19 bits per heavy atom. The second-order valence-electron chi connectivity index (χ2n) is 13.8. The van der Waals surface area contributed by atoms with Gasteiger partial charge in [0.1, 0.15) is 29.5 Å². The SMILES string of the molecule is CC(C)(c1ccc(Oc2cc(F)cnc2-n2nccn2)cc1)c1ccc(OC2CC(Nc3ccc4c(c3)C(=O)N(C3CCC(=O)NC3=O)C4=O)C2)cc1. The predicted molar refractivity (Wildman–Crippen MR) is 188 cm³/mol. The Morgan fingerprint density at radius 1 is 0.849 bits per heavy atom. The van der Waals surface area contributed by atoms with E-state index in [0.29, 0.717) is 11.4 Å². The summed E-state index contributed by atoms with van der Waals surface area (Å²) in [5.41, 5.74) is 2.99. The van der Waals surface area contributed by atoms with Crippen LogP contribution in [0.1, 0.15) is 71.4 Å². The van der Waals surface area contributed by atoms with Gasteiger partial charge in [0.05, 0.1) is 29.7 Å². The summed E-state index contributed by atoms with van der Waals surface area (Å²) in [7, 11) is 0. The van der Waals surface area contributed by atoms with Crippen molar-refractivity contribution in [2.45, 2.75) is 63.1 Å². The third-order valence-corrected chi connectivity index (χ3v) is 10.00. The van der Waals surface area contributed by atoms with E-state index in [1.807, 2.05) is 36.4 Å². The molecule has 0 spiro atoms. The van der Waals surface area contributed by atoms with E-state index in [1.54, 1.807) is 18.2 Å². The molecule has 0 radical (unpaired) electrons. The van der Waals surface area contributed by atoms with Crippen molar-refractivity contribution in [3.63, 3.8) is 0 Å². The van der Waals surface area contributed by atoms with Crippen molar-refractivity contribution in [3.8, 4) is 23.1 Å². The van der Waals surface area contributed by atoms with Crippen molar-refractivity contribution in [2.75, 3.05) is 5.32 Å². The van der Waals surface area contributed by atoms with Gasteiger partial charge in [0.25, 0.3) is 11.8 Å². The van der Waals surface area contributed by atoms with Crippen LogP contribution in [0.4, 0.5) is 10.1 Å². The number of ether oxygens (including phenoxy) is 2. The summed E-state index contributed by atoms with van der Waals surface area (Å²) >= 11 is 0. The molecular weight excluding hydrogens is 681 g/mol. The number of carbonyl (C=O) groups is 4. The number of benzene rings is 3. The summed E-state index contributed by atoms with van der Waals surface area (Å²) in [4.78, 5) is 56.4. The highest BCUT2D eigenvalue weighted by Crippen LogP contribution is 2.36. The number of amides is 4. The van der Waals surface area contributed by atoms with Crippen molar-refractivity contribution in [1.29, 1.82) is 0 Å². The largest absolute Gasteiger partial charge is 0.490 e. The molecule has 2 fully saturated rings. The Labute approximate surface area is 303 Å². The van der Waals surface area contributed by atoms with Crippen LogP contribution in [-0.4, -0.2) is 66.7 Å². The number of fused-ring (bicyclic) bond motifs is 1. The van der Waals surface area contributed by atoms with Gasteiger partial charge in [-0.2, -0.15) is 10.2 Å². The van der Waals surface area contributed by atoms with Crippen LogP contribution >= 0.6 is 0 Å². The highest BCUT2D eigenvalue weighted by Gasteiger charge is 2.45. The van der Waals surface area contributed by atoms with E-state index in [0.717, 1.165) is 40.8 Å². The van der Waals surface area contributed by atoms with Gasteiger partial charge in [0, 0.05) is 42.5 Å². The van der Waals surface area contributed by atoms with Crippen molar-refractivity contribution < 1.29 is 33.0 Å². The van der Waals surface area contributed by atoms with E-state index in [4.69, 9.17) is 9.47 Å². The number of halogens is 1. The Balaban J connectivity index is 0.852. The number of hydrogen-bond acceptors (Lipinski definition) is 10. The number of pyridine rings is 1. The van der Waals surface area contributed by atoms with Crippen LogP contribution in [-0.2, 0) is 15.0 Å². The first-order valence-corrected chi connectivity index (χ1v) is 17.2. The molecule has 14 heteroatoms. The van der Waals surface area contributed by atoms with Crippen molar-refractivity contribution in [1.82, 2.24) is 30.2 Å². The van der Waals surface area contributed by atoms with E-state index >= 15 is 0 Å². The zero-order valence-electron chi connectivity index (χ0n) is 28.8. The summed E-state index contributed by atoms with van der Waals surface area (Å²) in [6, 6.07) is 21.0. The van der Waals surface area contributed by atoms with Gasteiger partial charge in [0.2, 0.25) is 17.6 Å². The minimum absolute atomic E-state index is 0.0115. The first-order valence-electron chi connectivity index (χ1n) is 17.2. The minimum Gasteiger partial charge on any atom is -0.490 e. The second kappa shape index (κ2) is 13.3. The Morgan fingerprint density at radius 2 is 1.51 bits per heavy atom. The molecule has 1 aliphatic carbocycles. The third kappa shape index (κ3) is 6.47. The van der Waals surface area contributed by atoms with Gasteiger partial charge in [0.15, 0.2) is 5.75 Å². The molecule has 2 aromatic heterocycles. The van der Waals surface area contributed by atoms with Crippen molar-refractivity contribution >= 4 is 29.3 Å². The lowest BCUT2D eigenvalue weighted by Gasteiger charge is -2.36.